The number of benzene rings is 1. The zero-order chi connectivity index (χ0) is 22.1. The Morgan fingerprint density at radius 1 is 1.23 bits per heavy atom. The first-order valence-corrected chi connectivity index (χ1v) is 10.8. The maximum absolute atomic E-state index is 12.0. The van der Waals surface area contributed by atoms with Crippen LogP contribution in [-0.4, -0.2) is 37.7 Å². The molecule has 0 saturated heterocycles. The lowest BCUT2D eigenvalue weighted by atomic mass is 9.99. The van der Waals surface area contributed by atoms with E-state index in [1.807, 2.05) is 19.1 Å². The molecule has 9 heteroatoms. The summed E-state index contributed by atoms with van der Waals surface area (Å²) in [6.07, 6.45) is 5.37. The van der Waals surface area contributed by atoms with Gasteiger partial charge in [-0.25, -0.2) is 0 Å². The fourth-order valence-corrected chi connectivity index (χ4v) is 3.82. The average Bonchev–Trinajstić information content (AvgIpc) is 3.46. The molecule has 0 aliphatic heterocycles. The number of hydrogen-bond acceptors (Lipinski definition) is 7. The van der Waals surface area contributed by atoms with Crippen molar-refractivity contribution in [1.82, 2.24) is 19.7 Å². The fraction of sp³-hybridized carbons (Fsp3) is 0.455. The van der Waals surface area contributed by atoms with Crippen LogP contribution in [0.3, 0.4) is 0 Å². The van der Waals surface area contributed by atoms with E-state index in [0.717, 1.165) is 23.0 Å². The van der Waals surface area contributed by atoms with Crippen LogP contribution in [0, 0.1) is 5.92 Å². The average molecular weight is 423 g/mol. The summed E-state index contributed by atoms with van der Waals surface area (Å²) in [6.45, 7) is 6.21. The van der Waals surface area contributed by atoms with Crippen molar-refractivity contribution < 1.29 is 4.79 Å². The molecule has 9 nitrogen and oxygen atoms in total. The highest BCUT2D eigenvalue weighted by Gasteiger charge is 2.25. The Hall–Kier alpha value is -3.20. The van der Waals surface area contributed by atoms with E-state index in [2.05, 4.69) is 62.6 Å². The number of nitrogens with two attached hydrogens (primary N) is 2. The number of nitrogens with zero attached hydrogens (tertiary/aromatic N) is 4. The molecule has 0 unspecified atom stereocenters. The van der Waals surface area contributed by atoms with Gasteiger partial charge in [-0.2, -0.15) is 4.98 Å². The number of hydrogen-bond donors (Lipinski definition) is 4. The van der Waals surface area contributed by atoms with Crippen LogP contribution in [-0.2, 0) is 0 Å². The van der Waals surface area contributed by atoms with Crippen molar-refractivity contribution >= 4 is 34.3 Å². The number of carbonyl (C=O) groups is 1. The molecule has 6 N–H and O–H groups in total. The highest BCUT2D eigenvalue weighted by Crippen LogP contribution is 2.39. The van der Waals surface area contributed by atoms with Crippen molar-refractivity contribution in [3.63, 3.8) is 0 Å². The lowest BCUT2D eigenvalue weighted by Crippen LogP contribution is -2.39. The molecule has 31 heavy (non-hydrogen) atoms. The molecule has 3 aromatic rings. The van der Waals surface area contributed by atoms with Crippen molar-refractivity contribution in [3.05, 3.63) is 36.2 Å². The van der Waals surface area contributed by atoms with E-state index < -0.39 is 5.91 Å². The molecule has 2 aromatic heterocycles. The number of aromatic nitrogens is 4. The zero-order valence-corrected chi connectivity index (χ0v) is 18.2. The largest absolute Gasteiger partial charge is 0.364 e. The van der Waals surface area contributed by atoms with Crippen LogP contribution in [0.5, 0.6) is 0 Å². The van der Waals surface area contributed by atoms with E-state index in [4.69, 9.17) is 11.5 Å². The lowest BCUT2D eigenvalue weighted by molar-refractivity contribution is 0.0995. The lowest BCUT2D eigenvalue weighted by Gasteiger charge is -2.24. The van der Waals surface area contributed by atoms with E-state index in [-0.39, 0.29) is 23.6 Å². The summed E-state index contributed by atoms with van der Waals surface area (Å²) in [5.41, 5.74) is 13.6. The van der Waals surface area contributed by atoms with Crippen LogP contribution in [0.2, 0.25) is 0 Å². The molecule has 1 aliphatic rings. The number of fused-ring (bicyclic) bond motifs is 1. The summed E-state index contributed by atoms with van der Waals surface area (Å²) in [7, 11) is 0. The smallest absolute Gasteiger partial charge is 0.273 e. The molecule has 2 atom stereocenters. The number of carbonyl (C=O) groups excluding carboxylic acids is 1. The molecule has 0 spiro atoms. The third-order valence-electron chi connectivity index (χ3n) is 5.55. The Morgan fingerprint density at radius 3 is 2.65 bits per heavy atom. The third kappa shape index (κ3) is 4.61. The molecule has 2 heterocycles. The van der Waals surface area contributed by atoms with Gasteiger partial charge in [-0.05, 0) is 50.3 Å². The second-order valence-electron chi connectivity index (χ2n) is 8.75. The third-order valence-corrected chi connectivity index (χ3v) is 5.55. The molecular weight excluding hydrogens is 392 g/mol. The van der Waals surface area contributed by atoms with E-state index in [1.54, 1.807) is 0 Å². The second kappa shape index (κ2) is 8.50. The Bertz CT molecular complexity index is 1090. The molecule has 1 fully saturated rings. The van der Waals surface area contributed by atoms with Crippen LogP contribution >= 0.6 is 0 Å². The van der Waals surface area contributed by atoms with Gasteiger partial charge in [-0.1, -0.05) is 19.9 Å². The molecule has 1 saturated carbocycles. The molecule has 4 rings (SSSR count). The van der Waals surface area contributed by atoms with Gasteiger partial charge in [0.05, 0.1) is 5.52 Å². The summed E-state index contributed by atoms with van der Waals surface area (Å²) in [5, 5.41) is 15.7. The topological polar surface area (TPSA) is 137 Å². The van der Waals surface area contributed by atoms with Crippen molar-refractivity contribution in [2.24, 2.45) is 17.4 Å². The maximum Gasteiger partial charge on any atom is 0.273 e. The second-order valence-corrected chi connectivity index (χ2v) is 8.75. The first-order chi connectivity index (χ1) is 14.8. The minimum Gasteiger partial charge on any atom is -0.364 e. The van der Waals surface area contributed by atoms with Crippen LogP contribution < -0.4 is 22.1 Å². The van der Waals surface area contributed by atoms with E-state index in [1.165, 1.54) is 12.8 Å². The van der Waals surface area contributed by atoms with E-state index in [9.17, 15) is 4.79 Å². The van der Waals surface area contributed by atoms with Crippen molar-refractivity contribution in [2.75, 3.05) is 10.6 Å². The van der Waals surface area contributed by atoms with Gasteiger partial charge < -0.3 is 26.7 Å². The van der Waals surface area contributed by atoms with Crippen LogP contribution in [0.15, 0.2) is 30.5 Å². The molecule has 0 bridgehead atoms. The Morgan fingerprint density at radius 2 is 2.00 bits per heavy atom. The number of primary amides is 1. The first kappa shape index (κ1) is 21.0. The summed E-state index contributed by atoms with van der Waals surface area (Å²) < 4.78 is 2.29. The van der Waals surface area contributed by atoms with Gasteiger partial charge in [0.15, 0.2) is 11.5 Å². The normalized spacial score (nSPS) is 15.8. The highest BCUT2D eigenvalue weighted by atomic mass is 16.1. The minimum absolute atomic E-state index is 0.00890. The molecule has 0 radical (unpaired) electrons. The zero-order valence-electron chi connectivity index (χ0n) is 18.2. The first-order valence-electron chi connectivity index (χ1n) is 10.8. The molecule has 164 valence electrons. The number of amides is 1. The quantitative estimate of drug-likeness (QED) is 0.415. The number of rotatable bonds is 9. The Labute approximate surface area is 181 Å². The van der Waals surface area contributed by atoms with Crippen LogP contribution in [0.25, 0.3) is 10.9 Å². The van der Waals surface area contributed by atoms with Crippen molar-refractivity contribution in [1.29, 1.82) is 0 Å². The Balaban J connectivity index is 1.66. The van der Waals surface area contributed by atoms with Gasteiger partial charge in [0.2, 0.25) is 5.95 Å². The highest BCUT2D eigenvalue weighted by molar-refractivity contribution is 5.99. The monoisotopic (exact) mass is 422 g/mol. The standard InChI is InChI=1S/C22H30N8O/c1-12(2)11-17(13(3)23)26-22-27-21(19(20(24)31)28-29-22)25-16-5-4-6-18-15(16)9-10-30(18)14-7-8-14/h4-6,9-10,12-14,17H,7-8,11,23H2,1-3H3,(H2,24,31)(H2,25,26,27,29)/t13-,17-/m0/s1. The molecule has 1 aromatic carbocycles. The van der Waals surface area contributed by atoms with E-state index >= 15 is 0 Å². The molecular formula is C22H30N8O. The Kier molecular flexibility index (Phi) is 5.77. The summed E-state index contributed by atoms with van der Waals surface area (Å²) in [4.78, 5) is 16.5. The minimum atomic E-state index is -0.692. The van der Waals surface area contributed by atoms with Gasteiger partial charge in [0.1, 0.15) is 0 Å². The fourth-order valence-electron chi connectivity index (χ4n) is 3.82. The molecule has 1 aliphatic carbocycles. The number of anilines is 3. The van der Waals surface area contributed by atoms with Crippen molar-refractivity contribution in [2.45, 2.75) is 58.2 Å². The SMILES string of the molecule is CC(C)C[C@H](Nc1nnc(C(N)=O)c(Nc2cccc3c2ccn3C2CC2)n1)[C@H](C)N. The van der Waals surface area contributed by atoms with Crippen molar-refractivity contribution in [3.8, 4) is 0 Å². The number of nitrogens with one attached hydrogen (secondary N) is 2. The van der Waals surface area contributed by atoms with Gasteiger partial charge in [0.25, 0.3) is 5.91 Å². The molecule has 1 amide bonds. The van der Waals surface area contributed by atoms with Gasteiger partial charge in [0, 0.05) is 35.4 Å². The van der Waals surface area contributed by atoms with Gasteiger partial charge in [-0.15, -0.1) is 10.2 Å². The van der Waals surface area contributed by atoms with E-state index in [0.29, 0.717) is 17.9 Å². The van der Waals surface area contributed by atoms with Crippen LogP contribution in [0.4, 0.5) is 17.5 Å². The summed E-state index contributed by atoms with van der Waals surface area (Å²) in [5.74, 6) is 0.331. The predicted octanol–water partition coefficient (Wildman–Crippen LogP) is 3.18. The van der Waals surface area contributed by atoms with Crippen LogP contribution in [0.1, 0.15) is 56.6 Å². The van der Waals surface area contributed by atoms with Gasteiger partial charge >= 0.3 is 0 Å². The predicted molar refractivity (Wildman–Crippen MR) is 122 cm³/mol. The summed E-state index contributed by atoms with van der Waals surface area (Å²) >= 11 is 0. The summed E-state index contributed by atoms with van der Waals surface area (Å²) in [6, 6.07) is 8.54. The maximum atomic E-state index is 12.0. The van der Waals surface area contributed by atoms with Gasteiger partial charge in [-0.3, -0.25) is 4.79 Å².